The molecule has 1 aromatic heterocycles. The molecule has 7 nitrogen and oxygen atoms in total. The van der Waals surface area contributed by atoms with Crippen LogP contribution in [0.1, 0.15) is 47.2 Å². The first kappa shape index (κ1) is 21.4. The van der Waals surface area contributed by atoms with Gasteiger partial charge in [0.2, 0.25) is 5.91 Å². The van der Waals surface area contributed by atoms with Crippen molar-refractivity contribution in [3.05, 3.63) is 52.7 Å². The average molecular weight is 426 g/mol. The molecule has 1 aromatic carbocycles. The summed E-state index contributed by atoms with van der Waals surface area (Å²) in [6.45, 7) is 5.74. The number of aromatic nitrogens is 2. The van der Waals surface area contributed by atoms with Gasteiger partial charge >= 0.3 is 0 Å². The van der Waals surface area contributed by atoms with Crippen molar-refractivity contribution in [2.75, 3.05) is 38.3 Å². The fraction of sp³-hybridized carbons (Fsp3) is 0.478. The molecular formula is C23H27FN4O3. The topological polar surface area (TPSA) is 75.6 Å². The molecule has 0 unspecified atom stereocenters. The first-order valence-electron chi connectivity index (χ1n) is 10.5. The summed E-state index contributed by atoms with van der Waals surface area (Å²) in [5.74, 6) is 0.414. The number of amides is 2. The highest BCUT2D eigenvalue weighted by Crippen LogP contribution is 2.36. The van der Waals surface area contributed by atoms with Crippen molar-refractivity contribution in [1.29, 1.82) is 0 Å². The fourth-order valence-corrected chi connectivity index (χ4v) is 4.46. The van der Waals surface area contributed by atoms with E-state index in [-0.39, 0.29) is 17.4 Å². The van der Waals surface area contributed by atoms with Crippen molar-refractivity contribution < 1.29 is 18.7 Å². The smallest absolute Gasteiger partial charge is 0.256 e. The maximum Gasteiger partial charge on any atom is 0.256 e. The number of carbonyl (C=O) groups excluding carboxylic acids is 2. The highest BCUT2D eigenvalue weighted by atomic mass is 19.1. The lowest BCUT2D eigenvalue weighted by Crippen LogP contribution is -2.48. The van der Waals surface area contributed by atoms with E-state index in [2.05, 4.69) is 0 Å². The van der Waals surface area contributed by atoms with Crippen molar-refractivity contribution in [1.82, 2.24) is 14.9 Å². The van der Waals surface area contributed by atoms with Crippen molar-refractivity contribution in [2.24, 2.45) is 0 Å². The van der Waals surface area contributed by atoms with Crippen molar-refractivity contribution in [3.8, 4) is 0 Å². The molecule has 2 aliphatic rings. The van der Waals surface area contributed by atoms with Gasteiger partial charge in [0, 0.05) is 36.9 Å². The van der Waals surface area contributed by atoms with E-state index in [1.807, 2.05) is 13.8 Å². The summed E-state index contributed by atoms with van der Waals surface area (Å²) >= 11 is 0. The third-order valence-corrected chi connectivity index (χ3v) is 6.22. The second-order valence-corrected chi connectivity index (χ2v) is 8.52. The second kappa shape index (κ2) is 8.34. The summed E-state index contributed by atoms with van der Waals surface area (Å²) in [7, 11) is 1.60. The Morgan fingerprint density at radius 3 is 2.81 bits per heavy atom. The SMILES string of the molecule is COCCN1C(=O)Cc2c(C)nc([C@@]3(C)CCCN(C(=O)c4ccccc4F)C3)nc21. The van der Waals surface area contributed by atoms with Crippen LogP contribution in [0.5, 0.6) is 0 Å². The van der Waals surface area contributed by atoms with Crippen LogP contribution in [0.4, 0.5) is 10.2 Å². The van der Waals surface area contributed by atoms with E-state index < -0.39 is 11.2 Å². The van der Waals surface area contributed by atoms with Gasteiger partial charge in [-0.15, -0.1) is 0 Å². The lowest BCUT2D eigenvalue weighted by molar-refractivity contribution is -0.117. The number of hydrogen-bond donors (Lipinski definition) is 0. The Morgan fingerprint density at radius 1 is 1.29 bits per heavy atom. The van der Waals surface area contributed by atoms with Crippen LogP contribution in [0.3, 0.4) is 0 Å². The Bertz CT molecular complexity index is 1030. The zero-order valence-corrected chi connectivity index (χ0v) is 18.2. The predicted octanol–water partition coefficient (Wildman–Crippen LogP) is 2.65. The molecule has 3 heterocycles. The van der Waals surface area contributed by atoms with Gasteiger partial charge in [0.1, 0.15) is 17.5 Å². The average Bonchev–Trinajstić information content (AvgIpc) is 3.08. The number of hydrogen-bond acceptors (Lipinski definition) is 5. The maximum absolute atomic E-state index is 14.2. The predicted molar refractivity (Wildman–Crippen MR) is 114 cm³/mol. The minimum atomic E-state index is -0.517. The molecule has 1 saturated heterocycles. The fourth-order valence-electron chi connectivity index (χ4n) is 4.46. The lowest BCUT2D eigenvalue weighted by Gasteiger charge is -2.39. The molecule has 2 aromatic rings. The molecule has 0 bridgehead atoms. The number of aryl methyl sites for hydroxylation is 1. The molecule has 2 amide bonds. The minimum absolute atomic E-state index is 0.00763. The van der Waals surface area contributed by atoms with Gasteiger partial charge in [-0.2, -0.15) is 0 Å². The van der Waals surface area contributed by atoms with Crippen molar-refractivity contribution >= 4 is 17.6 Å². The Hall–Kier alpha value is -2.87. The minimum Gasteiger partial charge on any atom is -0.383 e. The normalized spacial score (nSPS) is 20.8. The van der Waals surface area contributed by atoms with Gasteiger partial charge in [-0.25, -0.2) is 14.4 Å². The Kier molecular flexibility index (Phi) is 5.75. The number of carbonyl (C=O) groups is 2. The van der Waals surface area contributed by atoms with Crippen LogP contribution in [-0.2, 0) is 21.4 Å². The first-order valence-corrected chi connectivity index (χ1v) is 10.5. The van der Waals surface area contributed by atoms with E-state index in [9.17, 15) is 14.0 Å². The number of anilines is 1. The molecule has 0 N–H and O–H groups in total. The molecule has 164 valence electrons. The molecule has 1 fully saturated rings. The van der Waals surface area contributed by atoms with Gasteiger partial charge < -0.3 is 9.64 Å². The summed E-state index contributed by atoms with van der Waals surface area (Å²) in [5.41, 5.74) is 1.22. The van der Waals surface area contributed by atoms with E-state index in [4.69, 9.17) is 14.7 Å². The largest absolute Gasteiger partial charge is 0.383 e. The third kappa shape index (κ3) is 3.92. The summed E-state index contributed by atoms with van der Waals surface area (Å²) < 4.78 is 19.3. The van der Waals surface area contributed by atoms with E-state index in [0.29, 0.717) is 44.3 Å². The number of halogens is 1. The number of likely N-dealkylation sites (tertiary alicyclic amines) is 1. The molecule has 4 rings (SSSR count). The van der Waals surface area contributed by atoms with Crippen LogP contribution in [0.15, 0.2) is 24.3 Å². The number of ether oxygens (including phenoxy) is 1. The van der Waals surface area contributed by atoms with Crippen LogP contribution >= 0.6 is 0 Å². The van der Waals surface area contributed by atoms with E-state index >= 15 is 0 Å². The highest BCUT2D eigenvalue weighted by Gasteiger charge is 2.40. The number of piperidine rings is 1. The van der Waals surface area contributed by atoms with Gasteiger partial charge in [0.05, 0.1) is 25.1 Å². The van der Waals surface area contributed by atoms with Crippen LogP contribution < -0.4 is 4.90 Å². The Labute approximate surface area is 181 Å². The van der Waals surface area contributed by atoms with E-state index in [0.717, 1.165) is 24.1 Å². The van der Waals surface area contributed by atoms with Gasteiger partial charge in [-0.05, 0) is 31.9 Å². The van der Waals surface area contributed by atoms with Gasteiger partial charge in [-0.3, -0.25) is 14.5 Å². The van der Waals surface area contributed by atoms with Crippen LogP contribution in [0, 0.1) is 12.7 Å². The molecule has 0 aliphatic carbocycles. The number of rotatable bonds is 5. The standard InChI is InChI=1S/C23H27FN4O3/c1-15-17-13-19(29)28(11-12-31-3)20(17)26-22(25-15)23(2)9-6-10-27(14-23)21(30)16-7-4-5-8-18(16)24/h4-5,7-8H,6,9-14H2,1-3H3/t23-/m0/s1. The summed E-state index contributed by atoms with van der Waals surface area (Å²) in [6.07, 6.45) is 1.86. The van der Waals surface area contributed by atoms with Gasteiger partial charge in [0.15, 0.2) is 0 Å². The molecule has 31 heavy (non-hydrogen) atoms. The maximum atomic E-state index is 14.2. The molecule has 8 heteroatoms. The number of fused-ring (bicyclic) bond motifs is 1. The van der Waals surface area contributed by atoms with Crippen LogP contribution in [0.2, 0.25) is 0 Å². The van der Waals surface area contributed by atoms with Crippen LogP contribution in [-0.4, -0.2) is 60.0 Å². The van der Waals surface area contributed by atoms with Crippen molar-refractivity contribution in [3.63, 3.8) is 0 Å². The lowest BCUT2D eigenvalue weighted by atomic mass is 9.80. The second-order valence-electron chi connectivity index (χ2n) is 8.52. The first-order chi connectivity index (χ1) is 14.8. The summed E-state index contributed by atoms with van der Waals surface area (Å²) in [5, 5.41) is 0. The van der Waals surface area contributed by atoms with Gasteiger partial charge in [0.25, 0.3) is 5.91 Å². The third-order valence-electron chi connectivity index (χ3n) is 6.22. The van der Waals surface area contributed by atoms with E-state index in [1.165, 1.54) is 12.1 Å². The molecule has 0 saturated carbocycles. The number of nitrogens with zero attached hydrogens (tertiary/aromatic N) is 4. The monoisotopic (exact) mass is 426 g/mol. The summed E-state index contributed by atoms with van der Waals surface area (Å²) in [4.78, 5) is 38.4. The number of methoxy groups -OCH3 is 1. The zero-order chi connectivity index (χ0) is 22.2. The quantitative estimate of drug-likeness (QED) is 0.735. The summed E-state index contributed by atoms with van der Waals surface area (Å²) in [6, 6.07) is 6.05. The highest BCUT2D eigenvalue weighted by molar-refractivity contribution is 6.00. The van der Waals surface area contributed by atoms with Crippen LogP contribution in [0.25, 0.3) is 0 Å². The van der Waals surface area contributed by atoms with E-state index in [1.54, 1.807) is 29.0 Å². The molecule has 0 radical (unpaired) electrons. The zero-order valence-electron chi connectivity index (χ0n) is 18.2. The number of benzene rings is 1. The van der Waals surface area contributed by atoms with Crippen molar-refractivity contribution in [2.45, 2.75) is 38.5 Å². The molecule has 0 spiro atoms. The molecule has 1 atom stereocenters. The van der Waals surface area contributed by atoms with Gasteiger partial charge in [-0.1, -0.05) is 19.1 Å². The Balaban J connectivity index is 1.64. The molecular weight excluding hydrogens is 399 g/mol. The molecule has 2 aliphatic heterocycles. The Morgan fingerprint density at radius 2 is 2.06 bits per heavy atom.